The van der Waals surface area contributed by atoms with Gasteiger partial charge in [-0.1, -0.05) is 23.8 Å². The molecule has 0 spiro atoms. The molecule has 26 heavy (non-hydrogen) atoms. The number of nitrogens with zero attached hydrogens (tertiary/aromatic N) is 1. The maximum Gasteiger partial charge on any atom is 0.261 e. The lowest BCUT2D eigenvalue weighted by Gasteiger charge is -2.34. The average Bonchev–Trinajstić information content (AvgIpc) is 2.63. The van der Waals surface area contributed by atoms with Crippen LogP contribution in [0.1, 0.15) is 22.8 Å². The summed E-state index contributed by atoms with van der Waals surface area (Å²) in [5.41, 5.74) is 1.92. The molecule has 0 bridgehead atoms. The molecule has 6 nitrogen and oxygen atoms in total. The number of sulfonamides is 1. The number of aryl methyl sites for hydroxylation is 1. The topological polar surface area (TPSA) is 78.5 Å². The fourth-order valence-electron chi connectivity index (χ4n) is 2.94. The van der Waals surface area contributed by atoms with Crippen molar-refractivity contribution in [3.8, 4) is 0 Å². The summed E-state index contributed by atoms with van der Waals surface area (Å²) in [6.45, 7) is 5.99. The fourth-order valence-corrected chi connectivity index (χ4v) is 4.04. The average molecular weight is 373 g/mol. The number of hydrogen-bond acceptors (Lipinski definition) is 4. The summed E-state index contributed by atoms with van der Waals surface area (Å²) in [7, 11) is -3.76. The maximum atomic E-state index is 12.8. The van der Waals surface area contributed by atoms with Gasteiger partial charge in [0.1, 0.15) is 0 Å². The molecule has 0 aromatic heterocycles. The van der Waals surface area contributed by atoms with Crippen LogP contribution in [-0.2, 0) is 10.0 Å². The van der Waals surface area contributed by atoms with Crippen LogP contribution in [0.2, 0.25) is 0 Å². The zero-order valence-corrected chi connectivity index (χ0v) is 15.7. The Morgan fingerprint density at radius 3 is 2.62 bits per heavy atom. The van der Waals surface area contributed by atoms with Crippen molar-refractivity contribution in [2.45, 2.75) is 24.8 Å². The van der Waals surface area contributed by atoms with Gasteiger partial charge in [-0.25, -0.2) is 8.42 Å². The first-order valence-electron chi connectivity index (χ1n) is 8.58. The zero-order valence-electron chi connectivity index (χ0n) is 14.9. The summed E-state index contributed by atoms with van der Waals surface area (Å²) in [6.07, 6.45) is 0. The van der Waals surface area contributed by atoms with Crippen molar-refractivity contribution in [3.63, 3.8) is 0 Å². The van der Waals surface area contributed by atoms with Gasteiger partial charge in [-0.3, -0.25) is 9.52 Å². The highest BCUT2D eigenvalue weighted by atomic mass is 32.2. The van der Waals surface area contributed by atoms with Gasteiger partial charge in [-0.2, -0.15) is 0 Å². The smallest absolute Gasteiger partial charge is 0.261 e. The van der Waals surface area contributed by atoms with Gasteiger partial charge in [-0.05, 0) is 44.2 Å². The quantitative estimate of drug-likeness (QED) is 0.861. The van der Waals surface area contributed by atoms with Gasteiger partial charge < -0.3 is 10.2 Å². The van der Waals surface area contributed by atoms with E-state index in [1.165, 1.54) is 12.1 Å². The van der Waals surface area contributed by atoms with Crippen LogP contribution in [0.3, 0.4) is 0 Å². The minimum atomic E-state index is -3.76. The van der Waals surface area contributed by atoms with Gasteiger partial charge in [0.05, 0.1) is 4.90 Å². The normalized spacial score (nSPS) is 17.8. The van der Waals surface area contributed by atoms with E-state index in [-0.39, 0.29) is 16.8 Å². The molecular weight excluding hydrogens is 350 g/mol. The van der Waals surface area contributed by atoms with Crippen LogP contribution in [0.4, 0.5) is 5.69 Å². The Morgan fingerprint density at radius 1 is 1.19 bits per heavy atom. The van der Waals surface area contributed by atoms with E-state index in [0.717, 1.165) is 18.7 Å². The van der Waals surface area contributed by atoms with Gasteiger partial charge in [0.15, 0.2) is 0 Å². The molecule has 1 aliphatic heterocycles. The van der Waals surface area contributed by atoms with Crippen molar-refractivity contribution >= 4 is 21.6 Å². The standard InChI is InChI=1S/C19H23N3O3S/c1-14-6-8-17(9-7-14)21-26(24,25)18-5-3-4-16(12-18)19(23)22-11-10-20-13-15(22)2/h3-9,12,15,20-21H,10-11,13H2,1-2H3/t15-/m1/s1. The van der Waals surface area contributed by atoms with Gasteiger partial charge in [0, 0.05) is 36.9 Å². The second-order valence-corrected chi connectivity index (χ2v) is 8.23. The molecule has 2 aromatic carbocycles. The van der Waals surface area contributed by atoms with Crippen molar-refractivity contribution in [2.24, 2.45) is 0 Å². The first-order chi connectivity index (χ1) is 12.4. The minimum Gasteiger partial charge on any atom is -0.333 e. The van der Waals surface area contributed by atoms with E-state index >= 15 is 0 Å². The highest BCUT2D eigenvalue weighted by Gasteiger charge is 2.25. The highest BCUT2D eigenvalue weighted by Crippen LogP contribution is 2.19. The Bertz CT molecular complexity index is 895. The molecule has 1 heterocycles. The van der Waals surface area contributed by atoms with Crippen LogP contribution in [-0.4, -0.2) is 44.9 Å². The predicted molar refractivity (Wildman–Crippen MR) is 102 cm³/mol. The van der Waals surface area contributed by atoms with Crippen molar-refractivity contribution in [2.75, 3.05) is 24.4 Å². The maximum absolute atomic E-state index is 12.8. The first kappa shape index (κ1) is 18.4. The molecule has 2 N–H and O–H groups in total. The number of benzene rings is 2. The van der Waals surface area contributed by atoms with Gasteiger partial charge in [0.25, 0.3) is 15.9 Å². The summed E-state index contributed by atoms with van der Waals surface area (Å²) in [6, 6.07) is 13.4. The SMILES string of the molecule is Cc1ccc(NS(=O)(=O)c2cccc(C(=O)N3CCNC[C@H]3C)c2)cc1. The number of rotatable bonds is 4. The first-order valence-corrected chi connectivity index (χ1v) is 10.1. The molecule has 3 rings (SSSR count). The molecule has 1 atom stereocenters. The van der Waals surface area contributed by atoms with Crippen molar-refractivity contribution < 1.29 is 13.2 Å². The molecule has 0 radical (unpaired) electrons. The van der Waals surface area contributed by atoms with Crippen molar-refractivity contribution in [3.05, 3.63) is 59.7 Å². The Hall–Kier alpha value is -2.38. The molecule has 1 aliphatic rings. The second-order valence-electron chi connectivity index (χ2n) is 6.55. The fraction of sp³-hybridized carbons (Fsp3) is 0.316. The number of piperazine rings is 1. The summed E-state index contributed by atoms with van der Waals surface area (Å²) in [5, 5.41) is 3.24. The predicted octanol–water partition coefficient (Wildman–Crippen LogP) is 2.23. The molecule has 1 saturated heterocycles. The van der Waals surface area contributed by atoms with Gasteiger partial charge in [0.2, 0.25) is 0 Å². The van der Waals surface area contributed by atoms with Crippen LogP contribution in [0.15, 0.2) is 53.4 Å². The Labute approximate surface area is 154 Å². The van der Waals surface area contributed by atoms with E-state index < -0.39 is 10.0 Å². The third kappa shape index (κ3) is 4.05. The molecule has 0 saturated carbocycles. The van der Waals surface area contributed by atoms with E-state index in [1.54, 1.807) is 29.2 Å². The monoisotopic (exact) mass is 373 g/mol. The minimum absolute atomic E-state index is 0.0715. The van der Waals surface area contributed by atoms with E-state index in [2.05, 4.69) is 10.0 Å². The van der Waals surface area contributed by atoms with Crippen LogP contribution >= 0.6 is 0 Å². The number of nitrogens with one attached hydrogen (secondary N) is 2. The van der Waals surface area contributed by atoms with Crippen molar-refractivity contribution in [1.82, 2.24) is 10.2 Å². The highest BCUT2D eigenvalue weighted by molar-refractivity contribution is 7.92. The number of hydrogen-bond donors (Lipinski definition) is 2. The largest absolute Gasteiger partial charge is 0.333 e. The molecule has 1 fully saturated rings. The van der Waals surface area contributed by atoms with Gasteiger partial charge >= 0.3 is 0 Å². The molecule has 2 aromatic rings. The lowest BCUT2D eigenvalue weighted by molar-refractivity contribution is 0.0655. The van der Waals surface area contributed by atoms with E-state index in [1.807, 2.05) is 26.0 Å². The number of carbonyl (C=O) groups is 1. The zero-order chi connectivity index (χ0) is 18.7. The van der Waals surface area contributed by atoms with Crippen molar-refractivity contribution in [1.29, 1.82) is 0 Å². The third-order valence-electron chi connectivity index (χ3n) is 4.46. The Balaban J connectivity index is 1.83. The molecule has 7 heteroatoms. The van der Waals surface area contributed by atoms with E-state index in [0.29, 0.717) is 17.8 Å². The third-order valence-corrected chi connectivity index (χ3v) is 5.84. The summed E-state index contributed by atoms with van der Waals surface area (Å²) >= 11 is 0. The Kier molecular flexibility index (Phi) is 5.29. The number of carbonyl (C=O) groups excluding carboxylic acids is 1. The molecule has 1 amide bonds. The Morgan fingerprint density at radius 2 is 1.92 bits per heavy atom. The number of anilines is 1. The lowest BCUT2D eigenvalue weighted by Crippen LogP contribution is -2.52. The molecule has 0 aliphatic carbocycles. The van der Waals surface area contributed by atoms with Crippen LogP contribution in [0.5, 0.6) is 0 Å². The molecular formula is C19H23N3O3S. The molecule has 138 valence electrons. The molecule has 0 unspecified atom stereocenters. The lowest BCUT2D eigenvalue weighted by atomic mass is 10.1. The van der Waals surface area contributed by atoms with Gasteiger partial charge in [-0.15, -0.1) is 0 Å². The van der Waals surface area contributed by atoms with Crippen LogP contribution in [0, 0.1) is 6.92 Å². The van der Waals surface area contributed by atoms with Crippen LogP contribution < -0.4 is 10.0 Å². The van der Waals surface area contributed by atoms with E-state index in [4.69, 9.17) is 0 Å². The van der Waals surface area contributed by atoms with Crippen LogP contribution in [0.25, 0.3) is 0 Å². The summed E-state index contributed by atoms with van der Waals surface area (Å²) in [5.74, 6) is -0.147. The number of amides is 1. The van der Waals surface area contributed by atoms with E-state index in [9.17, 15) is 13.2 Å². The second kappa shape index (κ2) is 7.47. The summed E-state index contributed by atoms with van der Waals surface area (Å²) in [4.78, 5) is 14.6. The summed E-state index contributed by atoms with van der Waals surface area (Å²) < 4.78 is 27.9.